The Morgan fingerprint density at radius 1 is 1.21 bits per heavy atom. The van der Waals surface area contributed by atoms with E-state index in [4.69, 9.17) is 4.74 Å². The minimum atomic E-state index is -0.0533. The lowest BCUT2D eigenvalue weighted by Gasteiger charge is -2.31. The van der Waals surface area contributed by atoms with Crippen molar-refractivity contribution in [3.8, 4) is 10.9 Å². The minimum Gasteiger partial charge on any atom is -0.496 e. The molecule has 0 bridgehead atoms. The smallest absolute Gasteiger partial charge is 0.225 e. The third-order valence-corrected chi connectivity index (χ3v) is 5.93. The standard InChI is InChI=1S/C20H23N5O2S/c1-27-17-9-3-2-7-15(17)13-21-18(26)16-8-6-12-25(14-16)20-23-22-19(28-20)24-10-4-5-11-24/h2-5,7,9-11,16H,6,8,12-14H2,1H3,(H,21,26). The van der Waals surface area contributed by atoms with E-state index in [2.05, 4.69) is 20.4 Å². The molecule has 0 radical (unpaired) electrons. The van der Waals surface area contributed by atoms with Gasteiger partial charge in [0, 0.05) is 37.6 Å². The van der Waals surface area contributed by atoms with Crippen molar-refractivity contribution in [2.24, 2.45) is 5.92 Å². The van der Waals surface area contributed by atoms with Crippen LogP contribution in [0.5, 0.6) is 5.75 Å². The van der Waals surface area contributed by atoms with Crippen LogP contribution in [0.2, 0.25) is 0 Å². The summed E-state index contributed by atoms with van der Waals surface area (Å²) in [5, 5.41) is 13.4. The van der Waals surface area contributed by atoms with Gasteiger partial charge in [-0.1, -0.05) is 29.5 Å². The number of hydrogen-bond acceptors (Lipinski definition) is 6. The van der Waals surface area contributed by atoms with Crippen LogP contribution in [0.1, 0.15) is 18.4 Å². The van der Waals surface area contributed by atoms with Gasteiger partial charge < -0.3 is 15.0 Å². The number of para-hydroxylation sites is 1. The number of carbonyl (C=O) groups is 1. The largest absolute Gasteiger partial charge is 0.496 e. The van der Waals surface area contributed by atoms with Crippen LogP contribution in [0.25, 0.3) is 5.13 Å². The van der Waals surface area contributed by atoms with E-state index in [0.717, 1.165) is 41.0 Å². The molecule has 1 atom stereocenters. The summed E-state index contributed by atoms with van der Waals surface area (Å²) in [6.07, 6.45) is 5.76. The van der Waals surface area contributed by atoms with Crippen LogP contribution in [-0.2, 0) is 11.3 Å². The van der Waals surface area contributed by atoms with Gasteiger partial charge in [0.25, 0.3) is 0 Å². The summed E-state index contributed by atoms with van der Waals surface area (Å²) in [6, 6.07) is 11.7. The van der Waals surface area contributed by atoms with E-state index in [1.54, 1.807) is 18.4 Å². The molecule has 0 spiro atoms. The summed E-state index contributed by atoms with van der Waals surface area (Å²) < 4.78 is 7.30. The van der Waals surface area contributed by atoms with Crippen molar-refractivity contribution >= 4 is 22.4 Å². The molecule has 2 aromatic heterocycles. The molecule has 1 unspecified atom stereocenters. The Morgan fingerprint density at radius 3 is 2.82 bits per heavy atom. The number of methoxy groups -OCH3 is 1. The van der Waals surface area contributed by atoms with Crippen LogP contribution in [0.4, 0.5) is 5.13 Å². The fourth-order valence-corrected chi connectivity index (χ4v) is 4.29. The Labute approximate surface area is 168 Å². The van der Waals surface area contributed by atoms with Crippen molar-refractivity contribution in [1.29, 1.82) is 0 Å². The maximum absolute atomic E-state index is 12.7. The Morgan fingerprint density at radius 2 is 2.00 bits per heavy atom. The Balaban J connectivity index is 1.37. The number of benzene rings is 1. The number of hydrogen-bond donors (Lipinski definition) is 1. The van der Waals surface area contributed by atoms with Gasteiger partial charge in [-0.15, -0.1) is 10.2 Å². The molecule has 0 saturated carbocycles. The average molecular weight is 398 g/mol. The summed E-state index contributed by atoms with van der Waals surface area (Å²) in [5.74, 6) is 0.813. The molecule has 1 aliphatic heterocycles. The highest BCUT2D eigenvalue weighted by atomic mass is 32.1. The number of aromatic nitrogens is 3. The SMILES string of the molecule is COc1ccccc1CNC(=O)C1CCCN(c2nnc(-n3cccc3)s2)C1. The first-order valence-corrected chi connectivity index (χ1v) is 10.2. The van der Waals surface area contributed by atoms with Crippen LogP contribution in [0.15, 0.2) is 48.8 Å². The zero-order valence-corrected chi connectivity index (χ0v) is 16.6. The molecule has 1 saturated heterocycles. The molecule has 146 valence electrons. The van der Waals surface area contributed by atoms with Gasteiger partial charge in [0.05, 0.1) is 13.0 Å². The van der Waals surface area contributed by atoms with Gasteiger partial charge in [-0.25, -0.2) is 0 Å². The monoisotopic (exact) mass is 397 g/mol. The van der Waals surface area contributed by atoms with Crippen molar-refractivity contribution in [2.45, 2.75) is 19.4 Å². The third-order valence-electron chi connectivity index (χ3n) is 4.94. The molecule has 3 heterocycles. The number of amides is 1. The highest BCUT2D eigenvalue weighted by Gasteiger charge is 2.27. The van der Waals surface area contributed by atoms with Crippen LogP contribution in [0.3, 0.4) is 0 Å². The quantitative estimate of drug-likeness (QED) is 0.692. The molecular weight excluding hydrogens is 374 g/mol. The number of carbonyl (C=O) groups excluding carboxylic acids is 1. The van der Waals surface area contributed by atoms with E-state index in [1.165, 1.54) is 0 Å². The fraction of sp³-hybridized carbons (Fsp3) is 0.350. The Bertz CT molecular complexity index is 924. The number of piperidine rings is 1. The van der Waals surface area contributed by atoms with E-state index in [0.29, 0.717) is 13.1 Å². The maximum Gasteiger partial charge on any atom is 0.225 e. The van der Waals surface area contributed by atoms with E-state index < -0.39 is 0 Å². The molecular formula is C20H23N5O2S. The second-order valence-corrected chi connectivity index (χ2v) is 7.71. The van der Waals surface area contributed by atoms with E-state index in [-0.39, 0.29) is 11.8 Å². The first kappa shape index (κ1) is 18.5. The van der Waals surface area contributed by atoms with Crippen molar-refractivity contribution in [1.82, 2.24) is 20.1 Å². The van der Waals surface area contributed by atoms with Crippen LogP contribution in [0, 0.1) is 5.92 Å². The fourth-order valence-electron chi connectivity index (χ4n) is 3.44. The normalized spacial score (nSPS) is 16.8. The Kier molecular flexibility index (Phi) is 5.57. The summed E-state index contributed by atoms with van der Waals surface area (Å²) in [4.78, 5) is 14.9. The van der Waals surface area contributed by atoms with Crippen LogP contribution >= 0.6 is 11.3 Å². The molecule has 28 heavy (non-hydrogen) atoms. The van der Waals surface area contributed by atoms with Gasteiger partial charge in [0.15, 0.2) is 0 Å². The van der Waals surface area contributed by atoms with Crippen molar-refractivity contribution in [3.05, 3.63) is 54.4 Å². The average Bonchev–Trinajstić information content (AvgIpc) is 3.44. The molecule has 1 N–H and O–H groups in total. The predicted octanol–water partition coefficient (Wildman–Crippen LogP) is 2.87. The molecule has 1 aromatic carbocycles. The summed E-state index contributed by atoms with van der Waals surface area (Å²) in [6.45, 7) is 2.03. The minimum absolute atomic E-state index is 0.0533. The van der Waals surface area contributed by atoms with E-state index in [9.17, 15) is 4.79 Å². The number of nitrogens with one attached hydrogen (secondary N) is 1. The number of rotatable bonds is 6. The summed E-state index contributed by atoms with van der Waals surface area (Å²) in [5.41, 5.74) is 0.978. The van der Waals surface area contributed by atoms with Gasteiger partial charge in [-0.3, -0.25) is 9.36 Å². The lowest BCUT2D eigenvalue weighted by Crippen LogP contribution is -2.43. The second-order valence-electron chi connectivity index (χ2n) is 6.77. The van der Waals surface area contributed by atoms with Gasteiger partial charge >= 0.3 is 0 Å². The zero-order chi connectivity index (χ0) is 19.3. The van der Waals surface area contributed by atoms with E-state index >= 15 is 0 Å². The molecule has 3 aromatic rings. The van der Waals surface area contributed by atoms with Crippen molar-refractivity contribution in [3.63, 3.8) is 0 Å². The topological polar surface area (TPSA) is 72.3 Å². The number of ether oxygens (including phenoxy) is 1. The van der Waals surface area contributed by atoms with Gasteiger partial charge in [-0.05, 0) is 31.0 Å². The van der Waals surface area contributed by atoms with Crippen molar-refractivity contribution < 1.29 is 9.53 Å². The molecule has 7 nitrogen and oxygen atoms in total. The number of nitrogens with zero attached hydrogens (tertiary/aromatic N) is 4. The van der Waals surface area contributed by atoms with Gasteiger partial charge in [0.2, 0.25) is 16.2 Å². The van der Waals surface area contributed by atoms with Crippen LogP contribution in [-0.4, -0.2) is 40.9 Å². The molecule has 1 fully saturated rings. The molecule has 1 aliphatic rings. The lowest BCUT2D eigenvalue weighted by atomic mass is 9.97. The summed E-state index contributed by atoms with van der Waals surface area (Å²) >= 11 is 1.54. The Hall–Kier alpha value is -2.87. The molecule has 4 rings (SSSR count). The zero-order valence-electron chi connectivity index (χ0n) is 15.7. The van der Waals surface area contributed by atoms with Gasteiger partial charge in [-0.2, -0.15) is 0 Å². The predicted molar refractivity (Wildman–Crippen MR) is 109 cm³/mol. The van der Waals surface area contributed by atoms with Crippen molar-refractivity contribution in [2.75, 3.05) is 25.1 Å². The highest BCUT2D eigenvalue weighted by Crippen LogP contribution is 2.28. The second kappa shape index (κ2) is 8.43. The van der Waals surface area contributed by atoms with Gasteiger partial charge in [0.1, 0.15) is 5.75 Å². The molecule has 1 amide bonds. The highest BCUT2D eigenvalue weighted by molar-refractivity contribution is 7.17. The lowest BCUT2D eigenvalue weighted by molar-refractivity contribution is -0.125. The number of anilines is 1. The van der Waals surface area contributed by atoms with E-state index in [1.807, 2.05) is 53.4 Å². The summed E-state index contributed by atoms with van der Waals surface area (Å²) in [7, 11) is 1.64. The molecule has 8 heteroatoms. The third kappa shape index (κ3) is 4.01. The maximum atomic E-state index is 12.7. The van der Waals surface area contributed by atoms with Crippen LogP contribution < -0.4 is 15.0 Å². The first-order valence-electron chi connectivity index (χ1n) is 9.36. The first-order chi connectivity index (χ1) is 13.7. The molecule has 0 aliphatic carbocycles.